The molecule has 1 aromatic carbocycles. The number of aromatic nitrogens is 1. The van der Waals surface area contributed by atoms with Crippen LogP contribution in [0.1, 0.15) is 0 Å². The Kier molecular flexibility index (Phi) is 1.89. The normalized spacial score (nSPS) is 9.82. The van der Waals surface area contributed by atoms with Gasteiger partial charge in [-0.05, 0) is 0 Å². The minimum atomic E-state index is 0.460. The topological polar surface area (TPSA) is 12.9 Å². The van der Waals surface area contributed by atoms with Gasteiger partial charge < -0.3 is 0 Å². The summed E-state index contributed by atoms with van der Waals surface area (Å²) in [6, 6.07) is 10.4. The van der Waals surface area contributed by atoms with Crippen LogP contribution in [0.5, 0.6) is 0 Å². The second kappa shape index (κ2) is 3.04. The van der Waals surface area contributed by atoms with Crippen LogP contribution >= 0.6 is 0 Å². The van der Waals surface area contributed by atoms with Crippen molar-refractivity contribution in [3.8, 4) is 10.0 Å². The molecule has 0 amide bonds. The Bertz CT molecular complexity index is 313. The molecule has 0 bridgehead atoms. The Morgan fingerprint density at radius 3 is 2.55 bits per heavy atom. The van der Waals surface area contributed by atoms with Crippen molar-refractivity contribution in [2.24, 2.45) is 0 Å². The molecule has 2 aromatic rings. The summed E-state index contributed by atoms with van der Waals surface area (Å²) in [5, 5.41) is 2.00. The van der Waals surface area contributed by atoms with Gasteiger partial charge in [0, 0.05) is 0 Å². The van der Waals surface area contributed by atoms with Crippen molar-refractivity contribution >= 4 is 14.5 Å². The zero-order chi connectivity index (χ0) is 7.52. The zero-order valence-electron chi connectivity index (χ0n) is 5.90. The first-order valence-electron chi connectivity index (χ1n) is 3.41. The zero-order valence-corrected chi connectivity index (χ0v) is 7.61. The van der Waals surface area contributed by atoms with E-state index in [4.69, 9.17) is 0 Å². The van der Waals surface area contributed by atoms with Crippen molar-refractivity contribution in [3.05, 3.63) is 41.6 Å². The van der Waals surface area contributed by atoms with Crippen LogP contribution in [0, 0.1) is 0 Å². The number of rotatable bonds is 1. The monoisotopic (exact) mass is 209 g/mol. The van der Waals surface area contributed by atoms with Gasteiger partial charge in [0.25, 0.3) is 0 Å². The van der Waals surface area contributed by atoms with Gasteiger partial charge in [-0.25, -0.2) is 0 Å². The number of nitrogens with zero attached hydrogens (tertiary/aromatic N) is 1. The van der Waals surface area contributed by atoms with Crippen molar-refractivity contribution in [2.45, 2.75) is 0 Å². The van der Waals surface area contributed by atoms with Gasteiger partial charge >= 0.3 is 71.1 Å². The Labute approximate surface area is 71.5 Å². The van der Waals surface area contributed by atoms with Crippen molar-refractivity contribution in [1.82, 2.24) is 4.98 Å². The van der Waals surface area contributed by atoms with E-state index in [1.54, 1.807) is 0 Å². The van der Waals surface area contributed by atoms with E-state index in [1.807, 2.05) is 17.3 Å². The Hall–Kier alpha value is -0.851. The maximum atomic E-state index is 4.08. The molecule has 0 fully saturated rings. The van der Waals surface area contributed by atoms with Gasteiger partial charge in [-0.2, -0.15) is 0 Å². The first kappa shape index (κ1) is 6.83. The molecule has 2 rings (SSSR count). The van der Waals surface area contributed by atoms with Gasteiger partial charge in [0.1, 0.15) is 0 Å². The summed E-state index contributed by atoms with van der Waals surface area (Å²) in [6.45, 7) is 0. The molecule has 1 nitrogen and oxygen atoms in total. The molecule has 0 N–H and O–H groups in total. The SMILES string of the molecule is c1ccc(-c2cnc[se]2)cc1. The fourth-order valence-electron chi connectivity index (χ4n) is 0.961. The molecule has 0 aliphatic rings. The Morgan fingerprint density at radius 1 is 1.09 bits per heavy atom. The summed E-state index contributed by atoms with van der Waals surface area (Å²) in [5.41, 5.74) is 1.31. The molecular weight excluding hydrogens is 201 g/mol. The third-order valence-corrected chi connectivity index (χ3v) is 3.22. The van der Waals surface area contributed by atoms with Crippen LogP contribution in [0.4, 0.5) is 0 Å². The van der Waals surface area contributed by atoms with E-state index in [9.17, 15) is 0 Å². The Morgan fingerprint density at radius 2 is 1.91 bits per heavy atom. The summed E-state index contributed by atoms with van der Waals surface area (Å²) in [4.78, 5) is 4.08. The van der Waals surface area contributed by atoms with Crippen LogP contribution < -0.4 is 0 Å². The molecule has 2 heteroatoms. The third-order valence-electron chi connectivity index (χ3n) is 1.49. The fraction of sp³-hybridized carbons (Fsp3) is 0. The molecule has 0 unspecified atom stereocenters. The minimum absolute atomic E-state index is 0.460. The first-order chi connectivity index (χ1) is 5.47. The molecule has 1 heterocycles. The molecule has 1 aromatic heterocycles. The van der Waals surface area contributed by atoms with Crippen LogP contribution in [0.15, 0.2) is 41.6 Å². The molecule has 0 aliphatic carbocycles. The predicted octanol–water partition coefficient (Wildman–Crippen LogP) is 1.81. The second-order valence-corrected chi connectivity index (χ2v) is 4.09. The van der Waals surface area contributed by atoms with Crippen molar-refractivity contribution < 1.29 is 0 Å². The average Bonchev–Trinajstić information content (AvgIpc) is 2.58. The molecule has 0 atom stereocenters. The van der Waals surface area contributed by atoms with Gasteiger partial charge in [0.2, 0.25) is 0 Å². The van der Waals surface area contributed by atoms with E-state index in [0.29, 0.717) is 14.5 Å². The summed E-state index contributed by atoms with van der Waals surface area (Å²) in [6.07, 6.45) is 1.95. The number of benzene rings is 1. The van der Waals surface area contributed by atoms with E-state index in [0.717, 1.165) is 0 Å². The van der Waals surface area contributed by atoms with E-state index >= 15 is 0 Å². The molecule has 11 heavy (non-hydrogen) atoms. The van der Waals surface area contributed by atoms with E-state index in [1.165, 1.54) is 10.0 Å². The van der Waals surface area contributed by atoms with Crippen LogP contribution in [0.2, 0.25) is 0 Å². The van der Waals surface area contributed by atoms with Crippen molar-refractivity contribution in [2.75, 3.05) is 0 Å². The van der Waals surface area contributed by atoms with Crippen LogP contribution in [-0.2, 0) is 0 Å². The van der Waals surface area contributed by atoms with Crippen molar-refractivity contribution in [1.29, 1.82) is 0 Å². The molecule has 0 saturated heterocycles. The number of hydrogen-bond acceptors (Lipinski definition) is 1. The molecule has 0 spiro atoms. The summed E-state index contributed by atoms with van der Waals surface area (Å²) in [7, 11) is 0. The summed E-state index contributed by atoms with van der Waals surface area (Å²) >= 11 is 0.460. The van der Waals surface area contributed by atoms with Gasteiger partial charge in [-0.1, -0.05) is 0 Å². The average molecular weight is 208 g/mol. The first-order valence-corrected chi connectivity index (χ1v) is 5.25. The van der Waals surface area contributed by atoms with Crippen molar-refractivity contribution in [3.63, 3.8) is 0 Å². The predicted molar refractivity (Wildman–Crippen MR) is 46.6 cm³/mol. The standard InChI is InChI=1S/C9H7NSe/c1-2-4-8(5-3-1)9-6-10-7-11-9/h1-7H. The maximum absolute atomic E-state index is 4.08. The molecule has 0 aliphatic heterocycles. The number of hydrogen-bond donors (Lipinski definition) is 0. The second-order valence-electron chi connectivity index (χ2n) is 2.23. The molecular formula is C9H7NSe. The van der Waals surface area contributed by atoms with E-state index in [2.05, 4.69) is 29.2 Å². The quantitative estimate of drug-likeness (QED) is 0.651. The van der Waals surface area contributed by atoms with Crippen LogP contribution in [0.3, 0.4) is 0 Å². The van der Waals surface area contributed by atoms with Crippen LogP contribution in [0.25, 0.3) is 10.0 Å². The van der Waals surface area contributed by atoms with Gasteiger partial charge in [-0.15, -0.1) is 0 Å². The van der Waals surface area contributed by atoms with Gasteiger partial charge in [0.05, 0.1) is 0 Å². The summed E-state index contributed by atoms with van der Waals surface area (Å²) in [5.74, 6) is 0. The molecule has 54 valence electrons. The van der Waals surface area contributed by atoms with E-state index < -0.39 is 0 Å². The molecule has 0 radical (unpaired) electrons. The fourth-order valence-corrected chi connectivity index (χ4v) is 2.28. The summed E-state index contributed by atoms with van der Waals surface area (Å²) < 4.78 is 1.37. The van der Waals surface area contributed by atoms with E-state index in [-0.39, 0.29) is 0 Å². The van der Waals surface area contributed by atoms with Crippen LogP contribution in [-0.4, -0.2) is 19.5 Å². The van der Waals surface area contributed by atoms with Gasteiger partial charge in [0.15, 0.2) is 0 Å². The van der Waals surface area contributed by atoms with Gasteiger partial charge in [-0.3, -0.25) is 0 Å². The third kappa shape index (κ3) is 1.42. The molecule has 0 saturated carbocycles. The Balaban J connectivity index is 2.46.